The molecule has 3 aliphatic heterocycles. The molecule has 4 N–H and O–H groups in total. The first kappa shape index (κ1) is 26.6. The first-order chi connectivity index (χ1) is 18.5. The average molecular weight is 539 g/mol. The Balaban J connectivity index is 1.28. The van der Waals surface area contributed by atoms with Crippen molar-refractivity contribution in [3.05, 3.63) is 58.3 Å². The molecule has 2 aromatic rings. The molecular formula is C28H38N6O3S. The van der Waals surface area contributed by atoms with Crippen LogP contribution in [0.4, 0.5) is 0 Å². The number of hydrogen-bond acceptors (Lipinski definition) is 8. The van der Waals surface area contributed by atoms with Crippen LogP contribution in [0.2, 0.25) is 0 Å². The fourth-order valence-electron chi connectivity index (χ4n) is 5.57. The Hall–Kier alpha value is -2.95. The topological polar surface area (TPSA) is 112 Å². The fraction of sp³-hybridized carbons (Fsp3) is 0.536. The minimum Gasteiger partial charge on any atom is -0.455 e. The van der Waals surface area contributed by atoms with Crippen molar-refractivity contribution in [1.82, 2.24) is 20.4 Å². The molecule has 2 amide bonds. The molecule has 2 fully saturated rings. The summed E-state index contributed by atoms with van der Waals surface area (Å²) in [4.78, 5) is 36.6. The van der Waals surface area contributed by atoms with E-state index in [9.17, 15) is 9.59 Å². The third-order valence-corrected chi connectivity index (χ3v) is 8.61. The molecule has 0 saturated carbocycles. The molecule has 3 aliphatic rings. The van der Waals surface area contributed by atoms with Gasteiger partial charge in [0.05, 0.1) is 25.2 Å². The van der Waals surface area contributed by atoms with Crippen molar-refractivity contribution in [3.63, 3.8) is 0 Å². The van der Waals surface area contributed by atoms with Crippen LogP contribution in [0.15, 0.2) is 52.8 Å². The molecule has 1 aromatic heterocycles. The number of carbonyl (C=O) groups is 2. The third-order valence-electron chi connectivity index (χ3n) is 7.73. The number of thiophene rings is 1. The number of amidine groups is 1. The molecule has 4 heterocycles. The molecule has 38 heavy (non-hydrogen) atoms. The molecule has 9 nitrogen and oxygen atoms in total. The molecule has 5 rings (SSSR count). The zero-order valence-electron chi connectivity index (χ0n) is 21.9. The minimum atomic E-state index is -0.673. The highest BCUT2D eigenvalue weighted by Gasteiger charge is 2.41. The van der Waals surface area contributed by atoms with Crippen molar-refractivity contribution < 1.29 is 14.3 Å². The lowest BCUT2D eigenvalue weighted by atomic mass is 9.90. The number of piperidine rings is 1. The minimum absolute atomic E-state index is 0.0448. The van der Waals surface area contributed by atoms with E-state index >= 15 is 0 Å². The second kappa shape index (κ2) is 12.3. The Morgan fingerprint density at radius 1 is 1.18 bits per heavy atom. The van der Waals surface area contributed by atoms with E-state index in [1.54, 1.807) is 16.2 Å². The van der Waals surface area contributed by atoms with Crippen molar-refractivity contribution in [2.24, 2.45) is 16.6 Å². The number of ether oxygens (including phenoxy) is 1. The van der Waals surface area contributed by atoms with Gasteiger partial charge < -0.3 is 30.9 Å². The summed E-state index contributed by atoms with van der Waals surface area (Å²) >= 11 is 1.59. The highest BCUT2D eigenvalue weighted by molar-refractivity contribution is 7.09. The maximum absolute atomic E-state index is 13.6. The van der Waals surface area contributed by atoms with Gasteiger partial charge in [-0.15, -0.1) is 11.3 Å². The number of aliphatic imine (C=N–C) groups is 1. The van der Waals surface area contributed by atoms with Crippen molar-refractivity contribution >= 4 is 29.2 Å². The highest BCUT2D eigenvalue weighted by Crippen LogP contribution is 2.30. The predicted molar refractivity (Wildman–Crippen MR) is 149 cm³/mol. The summed E-state index contributed by atoms with van der Waals surface area (Å²) in [7, 11) is 0. The van der Waals surface area contributed by atoms with Gasteiger partial charge in [-0.3, -0.25) is 9.59 Å². The molecule has 0 bridgehead atoms. The standard InChI is InChI=1S/C28H38N6O3S/c1-19-25(21-6-3-2-4-7-21)37-28(32-19)33-13-14-34(27(36)23(29)16-20-9-11-30-12-10-20)24(18-33)26(35)31-17-22-8-5-15-38-22/h2-8,15,19-20,23-25,30H,9-14,16-18,29H2,1H3,(H,31,35)/t19?,23-,24+,25-/m1/s1. The van der Waals surface area contributed by atoms with Crippen LogP contribution < -0.4 is 16.4 Å². The quantitative estimate of drug-likeness (QED) is 0.498. The highest BCUT2D eigenvalue weighted by atomic mass is 32.1. The van der Waals surface area contributed by atoms with Crippen LogP contribution in [0.25, 0.3) is 0 Å². The van der Waals surface area contributed by atoms with Crippen LogP contribution in [0.5, 0.6) is 0 Å². The second-order valence-corrected chi connectivity index (χ2v) is 11.5. The van der Waals surface area contributed by atoms with Crippen molar-refractivity contribution in [2.45, 2.75) is 57.0 Å². The summed E-state index contributed by atoms with van der Waals surface area (Å²) < 4.78 is 6.30. The van der Waals surface area contributed by atoms with Crippen molar-refractivity contribution in [3.8, 4) is 0 Å². The monoisotopic (exact) mass is 538 g/mol. The first-order valence-corrected chi connectivity index (χ1v) is 14.5. The van der Waals surface area contributed by atoms with Gasteiger partial charge in [0.2, 0.25) is 11.8 Å². The third kappa shape index (κ3) is 6.19. The molecule has 2 saturated heterocycles. The van der Waals surface area contributed by atoms with Crippen LogP contribution in [0.1, 0.15) is 42.7 Å². The number of hydrogen-bond donors (Lipinski definition) is 3. The van der Waals surface area contributed by atoms with Crippen LogP contribution >= 0.6 is 11.3 Å². The van der Waals surface area contributed by atoms with E-state index in [0.717, 1.165) is 36.4 Å². The van der Waals surface area contributed by atoms with Gasteiger partial charge in [-0.05, 0) is 62.2 Å². The number of rotatable bonds is 7. The molecule has 10 heteroatoms. The maximum atomic E-state index is 13.6. The van der Waals surface area contributed by atoms with Gasteiger partial charge in [0.1, 0.15) is 12.1 Å². The Bertz CT molecular complexity index is 1110. The average Bonchev–Trinajstić information content (AvgIpc) is 3.62. The normalized spacial score (nSPS) is 25.0. The van der Waals surface area contributed by atoms with Crippen LogP contribution in [-0.2, 0) is 20.9 Å². The summed E-state index contributed by atoms with van der Waals surface area (Å²) in [6, 6.07) is 13.2. The Morgan fingerprint density at radius 3 is 2.71 bits per heavy atom. The maximum Gasteiger partial charge on any atom is 0.288 e. The van der Waals surface area contributed by atoms with E-state index in [0.29, 0.717) is 44.5 Å². The largest absolute Gasteiger partial charge is 0.455 e. The summed E-state index contributed by atoms with van der Waals surface area (Å²) in [6.45, 7) is 5.63. The summed E-state index contributed by atoms with van der Waals surface area (Å²) in [5, 5.41) is 8.38. The SMILES string of the molecule is CC1N=C(N2CCN(C(=O)[C@H](N)CC3CCNCC3)[C@H](C(=O)NCc3cccs3)C2)O[C@H]1c1ccccc1. The van der Waals surface area contributed by atoms with E-state index in [1.807, 2.05) is 59.7 Å². The van der Waals surface area contributed by atoms with Gasteiger partial charge in [-0.1, -0.05) is 36.4 Å². The Morgan fingerprint density at radius 2 is 1.97 bits per heavy atom. The van der Waals surface area contributed by atoms with Gasteiger partial charge in [-0.2, -0.15) is 0 Å². The van der Waals surface area contributed by atoms with E-state index in [-0.39, 0.29) is 24.0 Å². The number of amides is 2. The smallest absolute Gasteiger partial charge is 0.288 e. The Kier molecular flexibility index (Phi) is 8.61. The molecule has 204 valence electrons. The molecule has 1 aromatic carbocycles. The first-order valence-electron chi connectivity index (χ1n) is 13.6. The van der Waals surface area contributed by atoms with Gasteiger partial charge in [-0.25, -0.2) is 4.99 Å². The van der Waals surface area contributed by atoms with Gasteiger partial charge in [0, 0.05) is 18.0 Å². The van der Waals surface area contributed by atoms with E-state index in [1.165, 1.54) is 0 Å². The zero-order chi connectivity index (χ0) is 26.5. The molecule has 4 atom stereocenters. The molecular weight excluding hydrogens is 500 g/mol. The zero-order valence-corrected chi connectivity index (χ0v) is 22.7. The van der Waals surface area contributed by atoms with Crippen molar-refractivity contribution in [1.29, 1.82) is 0 Å². The van der Waals surface area contributed by atoms with Crippen LogP contribution in [0.3, 0.4) is 0 Å². The predicted octanol–water partition coefficient (Wildman–Crippen LogP) is 2.11. The van der Waals surface area contributed by atoms with Crippen molar-refractivity contribution in [2.75, 3.05) is 32.7 Å². The number of piperazine rings is 1. The second-order valence-electron chi connectivity index (χ2n) is 10.4. The number of nitrogens with one attached hydrogen (secondary N) is 2. The number of benzene rings is 1. The molecule has 0 aliphatic carbocycles. The lowest BCUT2D eigenvalue weighted by Gasteiger charge is -2.42. The van der Waals surface area contributed by atoms with Gasteiger partial charge in [0.25, 0.3) is 6.02 Å². The lowest BCUT2D eigenvalue weighted by molar-refractivity contribution is -0.144. The molecule has 0 spiro atoms. The van der Waals surface area contributed by atoms with E-state index in [2.05, 4.69) is 10.6 Å². The lowest BCUT2D eigenvalue weighted by Crippen LogP contribution is -2.63. The number of nitrogens with two attached hydrogens (primary N) is 1. The fourth-order valence-corrected chi connectivity index (χ4v) is 6.21. The number of nitrogens with zero attached hydrogens (tertiary/aromatic N) is 3. The van der Waals surface area contributed by atoms with Crippen LogP contribution in [0, 0.1) is 5.92 Å². The number of carbonyl (C=O) groups excluding carboxylic acids is 2. The van der Waals surface area contributed by atoms with Crippen LogP contribution in [-0.4, -0.2) is 78.5 Å². The Labute approximate surface area is 228 Å². The summed E-state index contributed by atoms with van der Waals surface area (Å²) in [6.07, 6.45) is 2.53. The van der Waals surface area contributed by atoms with E-state index < -0.39 is 12.1 Å². The van der Waals surface area contributed by atoms with Gasteiger partial charge >= 0.3 is 0 Å². The van der Waals surface area contributed by atoms with E-state index in [4.69, 9.17) is 15.5 Å². The summed E-state index contributed by atoms with van der Waals surface area (Å²) in [5.41, 5.74) is 7.52. The van der Waals surface area contributed by atoms with Gasteiger partial charge in [0.15, 0.2) is 0 Å². The summed E-state index contributed by atoms with van der Waals surface area (Å²) in [5.74, 6) is 0.0984. The molecule has 1 unspecified atom stereocenters. The molecule has 0 radical (unpaired) electrons.